The first kappa shape index (κ1) is 10.6. The molecule has 1 saturated heterocycles. The highest BCUT2D eigenvalue weighted by Gasteiger charge is 2.38. The summed E-state index contributed by atoms with van der Waals surface area (Å²) in [7, 11) is 1.75. The van der Waals surface area contributed by atoms with Crippen molar-refractivity contribution in [1.82, 2.24) is 14.7 Å². The van der Waals surface area contributed by atoms with E-state index in [1.807, 2.05) is 4.90 Å². The molecule has 2 heterocycles. The third-order valence-corrected chi connectivity index (χ3v) is 4.23. The second-order valence-electron chi connectivity index (χ2n) is 5.23. The van der Waals surface area contributed by atoms with Gasteiger partial charge in [-0.25, -0.2) is 0 Å². The predicted octanol–water partition coefficient (Wildman–Crippen LogP) is 0.874. The van der Waals surface area contributed by atoms with Crippen LogP contribution in [0.15, 0.2) is 6.20 Å². The van der Waals surface area contributed by atoms with Crippen molar-refractivity contribution in [2.75, 3.05) is 18.8 Å². The van der Waals surface area contributed by atoms with Crippen molar-refractivity contribution < 1.29 is 4.79 Å². The molecule has 1 aromatic heterocycles. The maximum atomic E-state index is 12.3. The molecule has 0 spiro atoms. The number of nitrogen functional groups attached to an aromatic ring is 1. The number of amides is 1. The van der Waals surface area contributed by atoms with Crippen molar-refractivity contribution in [2.45, 2.75) is 19.3 Å². The summed E-state index contributed by atoms with van der Waals surface area (Å²) in [6.45, 7) is 1.80. The minimum absolute atomic E-state index is 0.0463. The number of carbonyl (C=O) groups is 1. The molecule has 5 nitrogen and oxygen atoms in total. The summed E-state index contributed by atoms with van der Waals surface area (Å²) in [5.74, 6) is 1.95. The van der Waals surface area contributed by atoms with Crippen molar-refractivity contribution in [3.63, 3.8) is 0 Å². The molecule has 1 aliphatic heterocycles. The van der Waals surface area contributed by atoms with E-state index in [-0.39, 0.29) is 5.91 Å². The molecule has 0 aromatic carbocycles. The number of hydrogen-bond acceptors (Lipinski definition) is 3. The number of anilines is 1. The van der Waals surface area contributed by atoms with E-state index in [1.165, 1.54) is 19.3 Å². The molecule has 3 rings (SSSR count). The Morgan fingerprint density at radius 1 is 1.41 bits per heavy atom. The van der Waals surface area contributed by atoms with Gasteiger partial charge in [0.2, 0.25) is 0 Å². The summed E-state index contributed by atoms with van der Waals surface area (Å²) >= 11 is 0. The number of nitrogens with two attached hydrogens (primary N) is 1. The fourth-order valence-corrected chi connectivity index (χ4v) is 3.18. The first-order chi connectivity index (χ1) is 8.16. The molecule has 2 aliphatic rings. The molecule has 0 radical (unpaired) electrons. The van der Waals surface area contributed by atoms with Crippen LogP contribution in [0.4, 0.5) is 5.82 Å². The molecular formula is C12H18N4O. The lowest BCUT2D eigenvalue weighted by Gasteiger charge is -2.16. The van der Waals surface area contributed by atoms with Crippen LogP contribution in [0.3, 0.4) is 0 Å². The summed E-state index contributed by atoms with van der Waals surface area (Å²) in [5.41, 5.74) is 6.39. The molecule has 1 saturated carbocycles. The fraction of sp³-hybridized carbons (Fsp3) is 0.667. The maximum Gasteiger partial charge on any atom is 0.259 e. The lowest BCUT2D eigenvalue weighted by molar-refractivity contribution is 0.0781. The zero-order chi connectivity index (χ0) is 12.0. The Hall–Kier alpha value is -1.52. The van der Waals surface area contributed by atoms with Gasteiger partial charge in [0.05, 0.1) is 6.20 Å². The molecule has 0 bridgehead atoms. The summed E-state index contributed by atoms with van der Waals surface area (Å²) in [6.07, 6.45) is 5.45. The summed E-state index contributed by atoms with van der Waals surface area (Å²) in [4.78, 5) is 14.3. The van der Waals surface area contributed by atoms with Gasteiger partial charge in [-0.1, -0.05) is 6.42 Å². The number of likely N-dealkylation sites (tertiary alicyclic amines) is 1. The number of aromatic nitrogens is 2. The second-order valence-corrected chi connectivity index (χ2v) is 5.23. The van der Waals surface area contributed by atoms with Crippen LogP contribution in [0, 0.1) is 11.8 Å². The molecule has 2 fully saturated rings. The van der Waals surface area contributed by atoms with Gasteiger partial charge in [0.1, 0.15) is 11.4 Å². The highest BCUT2D eigenvalue weighted by atomic mass is 16.2. The van der Waals surface area contributed by atoms with Crippen molar-refractivity contribution in [1.29, 1.82) is 0 Å². The van der Waals surface area contributed by atoms with Crippen LogP contribution in [0.2, 0.25) is 0 Å². The first-order valence-electron chi connectivity index (χ1n) is 6.23. The minimum Gasteiger partial charge on any atom is -0.383 e. The number of carbonyl (C=O) groups excluding carboxylic acids is 1. The van der Waals surface area contributed by atoms with E-state index in [2.05, 4.69) is 5.10 Å². The normalized spacial score (nSPS) is 27.5. The number of hydrogen-bond donors (Lipinski definition) is 1. The highest BCUT2D eigenvalue weighted by molar-refractivity contribution is 5.98. The Morgan fingerprint density at radius 3 is 2.59 bits per heavy atom. The van der Waals surface area contributed by atoms with Gasteiger partial charge in [-0.3, -0.25) is 9.48 Å². The van der Waals surface area contributed by atoms with Gasteiger partial charge < -0.3 is 10.6 Å². The van der Waals surface area contributed by atoms with Crippen molar-refractivity contribution in [3.8, 4) is 0 Å². The van der Waals surface area contributed by atoms with E-state index in [0.717, 1.165) is 24.9 Å². The van der Waals surface area contributed by atoms with Crippen molar-refractivity contribution in [2.24, 2.45) is 18.9 Å². The van der Waals surface area contributed by atoms with Gasteiger partial charge in [-0.15, -0.1) is 0 Å². The lowest BCUT2D eigenvalue weighted by atomic mass is 10.0. The molecular weight excluding hydrogens is 216 g/mol. The Morgan fingerprint density at radius 2 is 2.06 bits per heavy atom. The average Bonchev–Trinajstić information content (AvgIpc) is 2.94. The van der Waals surface area contributed by atoms with Crippen LogP contribution < -0.4 is 5.73 Å². The predicted molar refractivity (Wildman–Crippen MR) is 64.4 cm³/mol. The largest absolute Gasteiger partial charge is 0.383 e. The number of nitrogens with zero attached hydrogens (tertiary/aromatic N) is 3. The second kappa shape index (κ2) is 3.75. The molecule has 17 heavy (non-hydrogen) atoms. The van der Waals surface area contributed by atoms with Gasteiger partial charge in [0.15, 0.2) is 0 Å². The fourth-order valence-electron chi connectivity index (χ4n) is 3.18. The Kier molecular flexibility index (Phi) is 2.34. The van der Waals surface area contributed by atoms with Gasteiger partial charge in [-0.05, 0) is 24.7 Å². The summed E-state index contributed by atoms with van der Waals surface area (Å²) < 4.78 is 1.55. The van der Waals surface area contributed by atoms with E-state index in [4.69, 9.17) is 5.73 Å². The van der Waals surface area contributed by atoms with Crippen molar-refractivity contribution in [3.05, 3.63) is 11.8 Å². The molecule has 1 aliphatic carbocycles. The SMILES string of the molecule is Cn1ncc(C(=O)N2CC3CCCC3C2)c1N. The minimum atomic E-state index is 0.0463. The first-order valence-corrected chi connectivity index (χ1v) is 6.23. The number of rotatable bonds is 1. The molecule has 5 heteroatoms. The van der Waals surface area contributed by atoms with Crippen LogP contribution in [-0.4, -0.2) is 33.7 Å². The number of aryl methyl sites for hydroxylation is 1. The van der Waals surface area contributed by atoms with E-state index >= 15 is 0 Å². The third kappa shape index (κ3) is 1.61. The van der Waals surface area contributed by atoms with Crippen LogP contribution >= 0.6 is 0 Å². The van der Waals surface area contributed by atoms with Crippen LogP contribution in [0.25, 0.3) is 0 Å². The Labute approximate surface area is 101 Å². The number of fused-ring (bicyclic) bond motifs is 1. The third-order valence-electron chi connectivity index (χ3n) is 4.23. The van der Waals surface area contributed by atoms with Crippen LogP contribution in [0.5, 0.6) is 0 Å². The summed E-state index contributed by atoms with van der Waals surface area (Å²) in [5, 5.41) is 4.02. The molecule has 1 amide bonds. The zero-order valence-electron chi connectivity index (χ0n) is 10.1. The quantitative estimate of drug-likeness (QED) is 0.784. The maximum absolute atomic E-state index is 12.3. The van der Waals surface area contributed by atoms with Crippen LogP contribution in [0.1, 0.15) is 29.6 Å². The Balaban J connectivity index is 1.78. The molecule has 92 valence electrons. The van der Waals surface area contributed by atoms with E-state index in [0.29, 0.717) is 11.4 Å². The standard InChI is InChI=1S/C12H18N4O/c1-15-11(13)10(5-14-15)12(17)16-6-8-3-2-4-9(8)7-16/h5,8-9H,2-4,6-7,13H2,1H3. The molecule has 2 N–H and O–H groups in total. The highest BCUT2D eigenvalue weighted by Crippen LogP contribution is 2.38. The smallest absolute Gasteiger partial charge is 0.259 e. The average molecular weight is 234 g/mol. The van der Waals surface area contributed by atoms with Gasteiger partial charge in [-0.2, -0.15) is 5.10 Å². The molecule has 1 aromatic rings. The monoisotopic (exact) mass is 234 g/mol. The molecule has 2 unspecified atom stereocenters. The summed E-state index contributed by atoms with van der Waals surface area (Å²) in [6, 6.07) is 0. The van der Waals surface area contributed by atoms with Gasteiger partial charge >= 0.3 is 0 Å². The Bertz CT molecular complexity index is 441. The lowest BCUT2D eigenvalue weighted by Crippen LogP contribution is -2.29. The van der Waals surface area contributed by atoms with E-state index in [1.54, 1.807) is 17.9 Å². The van der Waals surface area contributed by atoms with Crippen LogP contribution in [-0.2, 0) is 7.05 Å². The van der Waals surface area contributed by atoms with Gasteiger partial charge in [0.25, 0.3) is 5.91 Å². The molecule has 2 atom stereocenters. The van der Waals surface area contributed by atoms with Crippen molar-refractivity contribution >= 4 is 11.7 Å². The topological polar surface area (TPSA) is 64.2 Å². The van der Waals surface area contributed by atoms with E-state index < -0.39 is 0 Å². The zero-order valence-corrected chi connectivity index (χ0v) is 10.1. The van der Waals surface area contributed by atoms with E-state index in [9.17, 15) is 4.79 Å². The van der Waals surface area contributed by atoms with Gasteiger partial charge in [0, 0.05) is 20.1 Å².